The third kappa shape index (κ3) is 3.14. The van der Waals surface area contributed by atoms with Crippen LogP contribution >= 0.6 is 0 Å². The van der Waals surface area contributed by atoms with Crippen LogP contribution in [0, 0.1) is 0 Å². The van der Waals surface area contributed by atoms with Crippen molar-refractivity contribution in [1.82, 2.24) is 20.5 Å². The van der Waals surface area contributed by atoms with E-state index in [-0.39, 0.29) is 0 Å². The van der Waals surface area contributed by atoms with E-state index in [1.807, 2.05) is 5.32 Å². The van der Waals surface area contributed by atoms with Crippen molar-refractivity contribution in [2.75, 3.05) is 13.7 Å². The van der Waals surface area contributed by atoms with Crippen LogP contribution in [0.2, 0.25) is 0 Å². The Balaban J connectivity index is 2.29. The quantitative estimate of drug-likeness (QED) is 0.930. The first-order chi connectivity index (χ1) is 10.3. The Bertz CT molecular complexity index is 692. The van der Waals surface area contributed by atoms with Gasteiger partial charge in [0.1, 0.15) is 5.52 Å². The number of para-hydroxylation sites is 1. The second-order valence-electron chi connectivity index (χ2n) is 4.84. The van der Waals surface area contributed by atoms with E-state index in [0.29, 0.717) is 11.0 Å². The van der Waals surface area contributed by atoms with E-state index in [4.69, 9.17) is 0 Å². The Kier molecular flexibility index (Phi) is 4.27. The monoisotopic (exact) mass is 314 g/mol. The summed E-state index contributed by atoms with van der Waals surface area (Å²) in [6, 6.07) is 6.59. The minimum Gasteiger partial charge on any atom is -0.382 e. The van der Waals surface area contributed by atoms with Gasteiger partial charge in [0.25, 0.3) is 5.91 Å². The molecule has 0 aliphatic carbocycles. The molecule has 1 aromatic carbocycles. The van der Waals surface area contributed by atoms with E-state index in [1.165, 1.54) is 0 Å². The summed E-state index contributed by atoms with van der Waals surface area (Å²) >= 11 is 0. The van der Waals surface area contributed by atoms with Crippen molar-refractivity contribution in [1.29, 1.82) is 0 Å². The van der Waals surface area contributed by atoms with Crippen LogP contribution in [0.1, 0.15) is 17.5 Å². The van der Waals surface area contributed by atoms with Crippen molar-refractivity contribution in [3.05, 3.63) is 30.1 Å². The number of hydrogen-bond donors (Lipinski definition) is 1. The lowest BCUT2D eigenvalue weighted by molar-refractivity contribution is -0.200. The van der Waals surface area contributed by atoms with Crippen LogP contribution in [0.25, 0.3) is 11.0 Å². The molecule has 0 saturated heterocycles. The molecule has 0 fully saturated rings. The van der Waals surface area contributed by atoms with Crippen LogP contribution in [0.15, 0.2) is 24.3 Å². The molecule has 6 nitrogen and oxygen atoms in total. The van der Waals surface area contributed by atoms with Gasteiger partial charge in [0.2, 0.25) is 5.82 Å². The molecule has 1 unspecified atom stereocenters. The number of hydrogen-bond acceptors (Lipinski definition) is 5. The number of rotatable bonds is 4. The largest absolute Gasteiger partial charge is 0.413 e. The third-order valence-electron chi connectivity index (χ3n) is 3.01. The fourth-order valence-corrected chi connectivity index (χ4v) is 1.76. The molecule has 1 heterocycles. The molecule has 0 aliphatic rings. The Hall–Kier alpha value is -2.29. The standard InChI is InChI=1S/C13H13F3N4O2/c1-12(7-22-2,13(14,15)16)18-11(21)10-17-8-5-3-4-6-9(8)19-20-10/h3-6H,7H2,1-2H3,(H,18,21). The Morgan fingerprint density at radius 1 is 1.23 bits per heavy atom. The SMILES string of the molecule is COCC(C)(NC(=O)c1nnc2ccccc2n1)C(F)(F)F. The van der Waals surface area contributed by atoms with Crippen molar-refractivity contribution in [3.63, 3.8) is 0 Å². The zero-order chi connectivity index (χ0) is 16.4. The first kappa shape index (κ1) is 16.1. The maximum absolute atomic E-state index is 13.1. The number of carbonyl (C=O) groups excluding carboxylic acids is 1. The summed E-state index contributed by atoms with van der Waals surface area (Å²) in [6.45, 7) is 0.0894. The van der Waals surface area contributed by atoms with Gasteiger partial charge < -0.3 is 10.1 Å². The number of benzene rings is 1. The summed E-state index contributed by atoms with van der Waals surface area (Å²) in [4.78, 5) is 15.9. The number of methoxy groups -OCH3 is 1. The van der Waals surface area contributed by atoms with E-state index in [9.17, 15) is 18.0 Å². The first-order valence-corrected chi connectivity index (χ1v) is 6.24. The first-order valence-electron chi connectivity index (χ1n) is 6.24. The summed E-state index contributed by atoms with van der Waals surface area (Å²) < 4.78 is 43.8. The Morgan fingerprint density at radius 2 is 1.86 bits per heavy atom. The van der Waals surface area contributed by atoms with Crippen LogP contribution in [-0.2, 0) is 4.74 Å². The number of carbonyl (C=O) groups is 1. The summed E-state index contributed by atoms with van der Waals surface area (Å²) in [5, 5.41) is 9.17. The number of alkyl halides is 3. The predicted molar refractivity (Wildman–Crippen MR) is 71.1 cm³/mol. The van der Waals surface area contributed by atoms with Crippen molar-refractivity contribution in [2.24, 2.45) is 0 Å². The van der Waals surface area contributed by atoms with Gasteiger partial charge in [-0.1, -0.05) is 12.1 Å². The highest BCUT2D eigenvalue weighted by Crippen LogP contribution is 2.30. The summed E-state index contributed by atoms with van der Waals surface area (Å²) in [5.41, 5.74) is -1.74. The van der Waals surface area contributed by atoms with Gasteiger partial charge in [0.05, 0.1) is 12.1 Å². The molecule has 2 aromatic rings. The van der Waals surface area contributed by atoms with E-state index in [0.717, 1.165) is 14.0 Å². The maximum atomic E-state index is 13.1. The van der Waals surface area contributed by atoms with Crippen LogP contribution in [0.3, 0.4) is 0 Å². The lowest BCUT2D eigenvalue weighted by Gasteiger charge is -2.31. The second-order valence-corrected chi connectivity index (χ2v) is 4.84. The molecule has 2 rings (SSSR count). The second kappa shape index (κ2) is 5.84. The lowest BCUT2D eigenvalue weighted by atomic mass is 10.0. The molecule has 9 heteroatoms. The van der Waals surface area contributed by atoms with E-state index < -0.39 is 30.1 Å². The highest BCUT2D eigenvalue weighted by Gasteiger charge is 2.52. The van der Waals surface area contributed by atoms with Gasteiger partial charge in [-0.05, 0) is 19.1 Å². The van der Waals surface area contributed by atoms with Crippen molar-refractivity contribution in [3.8, 4) is 0 Å². The molecular formula is C13H13F3N4O2. The van der Waals surface area contributed by atoms with Gasteiger partial charge in [0.15, 0.2) is 5.54 Å². The van der Waals surface area contributed by atoms with Crippen LogP contribution in [0.4, 0.5) is 13.2 Å². The maximum Gasteiger partial charge on any atom is 0.413 e. The number of ether oxygens (including phenoxy) is 1. The molecule has 1 aromatic heterocycles. The molecular weight excluding hydrogens is 301 g/mol. The van der Waals surface area contributed by atoms with E-state index in [1.54, 1.807) is 24.3 Å². The van der Waals surface area contributed by atoms with Gasteiger partial charge in [0, 0.05) is 7.11 Å². The number of halogens is 3. The van der Waals surface area contributed by atoms with Crippen LogP contribution in [0.5, 0.6) is 0 Å². The average Bonchev–Trinajstić information content (AvgIpc) is 2.45. The minimum atomic E-state index is -4.69. The van der Waals surface area contributed by atoms with Crippen molar-refractivity contribution in [2.45, 2.75) is 18.6 Å². The fourth-order valence-electron chi connectivity index (χ4n) is 1.76. The highest BCUT2D eigenvalue weighted by molar-refractivity contribution is 5.92. The van der Waals surface area contributed by atoms with Crippen LogP contribution < -0.4 is 5.32 Å². The van der Waals surface area contributed by atoms with Gasteiger partial charge in [-0.15, -0.1) is 10.2 Å². The smallest absolute Gasteiger partial charge is 0.382 e. The normalized spacial score (nSPS) is 14.6. The fraction of sp³-hybridized carbons (Fsp3) is 0.385. The van der Waals surface area contributed by atoms with E-state index in [2.05, 4.69) is 19.9 Å². The molecule has 1 amide bonds. The lowest BCUT2D eigenvalue weighted by Crippen LogP contribution is -2.59. The summed E-state index contributed by atoms with van der Waals surface area (Å²) in [5.74, 6) is -1.51. The van der Waals surface area contributed by atoms with E-state index >= 15 is 0 Å². The molecule has 0 saturated carbocycles. The number of nitrogens with zero attached hydrogens (tertiary/aromatic N) is 3. The molecule has 118 valence electrons. The summed E-state index contributed by atoms with van der Waals surface area (Å²) in [6.07, 6.45) is -4.69. The molecule has 22 heavy (non-hydrogen) atoms. The minimum absolute atomic E-state index is 0.364. The molecule has 0 bridgehead atoms. The third-order valence-corrected chi connectivity index (χ3v) is 3.01. The number of nitrogens with one attached hydrogen (secondary N) is 1. The van der Waals surface area contributed by atoms with Crippen molar-refractivity contribution < 1.29 is 22.7 Å². The van der Waals surface area contributed by atoms with Gasteiger partial charge >= 0.3 is 6.18 Å². The predicted octanol–water partition coefficient (Wildman–Crippen LogP) is 1.72. The average molecular weight is 314 g/mol. The van der Waals surface area contributed by atoms with Gasteiger partial charge in [-0.25, -0.2) is 4.98 Å². The van der Waals surface area contributed by atoms with Crippen LogP contribution in [-0.4, -0.2) is 46.5 Å². The number of fused-ring (bicyclic) bond motifs is 1. The Morgan fingerprint density at radius 3 is 2.45 bits per heavy atom. The number of aromatic nitrogens is 3. The van der Waals surface area contributed by atoms with Gasteiger partial charge in [-0.3, -0.25) is 4.79 Å². The molecule has 1 atom stereocenters. The molecule has 0 radical (unpaired) electrons. The highest BCUT2D eigenvalue weighted by atomic mass is 19.4. The molecule has 0 spiro atoms. The van der Waals surface area contributed by atoms with Crippen molar-refractivity contribution >= 4 is 16.9 Å². The molecule has 0 aliphatic heterocycles. The number of amides is 1. The molecule has 1 N–H and O–H groups in total. The zero-order valence-electron chi connectivity index (χ0n) is 11.8. The summed E-state index contributed by atoms with van der Waals surface area (Å²) in [7, 11) is 1.12. The van der Waals surface area contributed by atoms with Gasteiger partial charge in [-0.2, -0.15) is 13.2 Å². The Labute approximate surface area is 123 Å². The topological polar surface area (TPSA) is 77.0 Å². The zero-order valence-corrected chi connectivity index (χ0v) is 11.8.